The molecule has 0 saturated carbocycles. The van der Waals surface area contributed by atoms with Crippen LogP contribution in [0.5, 0.6) is 0 Å². The van der Waals surface area contributed by atoms with Gasteiger partial charge in [0.15, 0.2) is 5.82 Å². The standard InChI is InChI=1S/C7H8N4O/c8-7-10-4-5-2-1-3-9-6(5)11(7)12/h1-2,4,8-9,12H,3H2. The van der Waals surface area contributed by atoms with Crippen LogP contribution in [-0.2, 0) is 0 Å². The first-order valence-corrected chi connectivity index (χ1v) is 3.55. The van der Waals surface area contributed by atoms with E-state index in [1.165, 1.54) is 0 Å². The number of rotatable bonds is 0. The molecule has 0 saturated heterocycles. The zero-order valence-corrected chi connectivity index (χ0v) is 6.28. The third-order valence-corrected chi connectivity index (χ3v) is 1.70. The predicted molar refractivity (Wildman–Crippen MR) is 42.8 cm³/mol. The number of fused-ring (bicyclic) bond motifs is 1. The Labute approximate surface area is 68.5 Å². The molecule has 12 heavy (non-hydrogen) atoms. The van der Waals surface area contributed by atoms with E-state index in [0.717, 1.165) is 10.3 Å². The highest BCUT2D eigenvalue weighted by molar-refractivity contribution is 5.65. The van der Waals surface area contributed by atoms with Crippen molar-refractivity contribution < 1.29 is 5.21 Å². The van der Waals surface area contributed by atoms with Gasteiger partial charge in [0.2, 0.25) is 0 Å². The van der Waals surface area contributed by atoms with Gasteiger partial charge >= 0.3 is 0 Å². The lowest BCUT2D eigenvalue weighted by Crippen LogP contribution is -2.25. The number of nitrogens with zero attached hydrogens (tertiary/aromatic N) is 2. The van der Waals surface area contributed by atoms with E-state index in [1.54, 1.807) is 6.20 Å². The van der Waals surface area contributed by atoms with Crippen molar-refractivity contribution in [2.24, 2.45) is 0 Å². The van der Waals surface area contributed by atoms with E-state index in [9.17, 15) is 5.21 Å². The molecule has 0 spiro atoms. The molecule has 1 aliphatic heterocycles. The van der Waals surface area contributed by atoms with Crippen LogP contribution in [0.15, 0.2) is 12.3 Å². The van der Waals surface area contributed by atoms with Crippen molar-refractivity contribution in [2.75, 3.05) is 11.9 Å². The number of nitrogens with one attached hydrogen (secondary N) is 2. The van der Waals surface area contributed by atoms with Crippen LogP contribution in [0.25, 0.3) is 6.08 Å². The Balaban J connectivity index is 2.71. The van der Waals surface area contributed by atoms with Crippen molar-refractivity contribution >= 4 is 11.9 Å². The topological polar surface area (TPSA) is 73.9 Å². The van der Waals surface area contributed by atoms with Crippen LogP contribution in [0.2, 0.25) is 0 Å². The Morgan fingerprint density at radius 3 is 3.33 bits per heavy atom. The van der Waals surface area contributed by atoms with E-state index in [-0.39, 0.29) is 5.62 Å². The average molecular weight is 164 g/mol. The van der Waals surface area contributed by atoms with E-state index >= 15 is 0 Å². The Morgan fingerprint density at radius 1 is 1.67 bits per heavy atom. The van der Waals surface area contributed by atoms with Gasteiger partial charge in [-0.3, -0.25) is 5.41 Å². The first-order valence-electron chi connectivity index (χ1n) is 3.55. The summed E-state index contributed by atoms with van der Waals surface area (Å²) in [6.07, 6.45) is 5.33. The number of hydrogen-bond acceptors (Lipinski definition) is 4. The SMILES string of the molecule is N=c1ncc2c(n1O)NCC=C2. The molecule has 0 amide bonds. The van der Waals surface area contributed by atoms with Crippen molar-refractivity contribution in [3.05, 3.63) is 23.5 Å². The molecule has 2 heterocycles. The summed E-state index contributed by atoms with van der Waals surface area (Å²) in [5.74, 6) is 0.525. The molecule has 0 atom stereocenters. The highest BCUT2D eigenvalue weighted by Gasteiger charge is 2.08. The van der Waals surface area contributed by atoms with Gasteiger partial charge in [-0.2, -0.15) is 0 Å². The maximum Gasteiger partial charge on any atom is 0.257 e. The Hall–Kier alpha value is -1.78. The fourth-order valence-corrected chi connectivity index (χ4v) is 1.12. The van der Waals surface area contributed by atoms with Gasteiger partial charge in [0, 0.05) is 18.3 Å². The molecule has 5 heteroatoms. The van der Waals surface area contributed by atoms with E-state index in [4.69, 9.17) is 5.41 Å². The summed E-state index contributed by atoms with van der Waals surface area (Å²) in [5, 5.41) is 19.4. The zero-order valence-electron chi connectivity index (χ0n) is 6.28. The van der Waals surface area contributed by atoms with Crippen molar-refractivity contribution in [1.82, 2.24) is 9.71 Å². The molecule has 0 bridgehead atoms. The molecule has 62 valence electrons. The molecule has 1 aromatic rings. The maximum atomic E-state index is 9.31. The molecular formula is C7H8N4O. The van der Waals surface area contributed by atoms with Gasteiger partial charge in [-0.15, -0.1) is 4.73 Å². The molecule has 0 aromatic carbocycles. The van der Waals surface area contributed by atoms with Crippen LogP contribution in [0.4, 0.5) is 5.82 Å². The third-order valence-electron chi connectivity index (χ3n) is 1.70. The average Bonchev–Trinajstić information content (AvgIpc) is 2.12. The quantitative estimate of drug-likeness (QED) is 0.474. The predicted octanol–water partition coefficient (Wildman–Crippen LogP) is 0.0386. The minimum atomic E-state index is -0.170. The van der Waals surface area contributed by atoms with Crippen molar-refractivity contribution in [3.8, 4) is 0 Å². The second kappa shape index (κ2) is 2.37. The summed E-state index contributed by atoms with van der Waals surface area (Å²) in [6, 6.07) is 0. The van der Waals surface area contributed by atoms with E-state index in [0.29, 0.717) is 12.4 Å². The van der Waals surface area contributed by atoms with Gasteiger partial charge in [0.1, 0.15) is 0 Å². The van der Waals surface area contributed by atoms with Gasteiger partial charge < -0.3 is 10.5 Å². The molecule has 5 nitrogen and oxygen atoms in total. The smallest absolute Gasteiger partial charge is 0.257 e. The summed E-state index contributed by atoms with van der Waals surface area (Å²) in [6.45, 7) is 0.664. The van der Waals surface area contributed by atoms with E-state index < -0.39 is 0 Å². The lowest BCUT2D eigenvalue weighted by atomic mass is 10.2. The molecule has 0 radical (unpaired) electrons. The summed E-state index contributed by atoms with van der Waals surface area (Å²) in [5.41, 5.74) is 0.622. The molecule has 3 N–H and O–H groups in total. The van der Waals surface area contributed by atoms with E-state index in [2.05, 4.69) is 10.3 Å². The van der Waals surface area contributed by atoms with Gasteiger partial charge in [-0.05, 0) is 0 Å². The van der Waals surface area contributed by atoms with Gasteiger partial charge in [0.25, 0.3) is 5.62 Å². The second-order valence-corrected chi connectivity index (χ2v) is 2.48. The lowest BCUT2D eigenvalue weighted by molar-refractivity contribution is 0.170. The summed E-state index contributed by atoms with van der Waals surface area (Å²) < 4.78 is 0.735. The Morgan fingerprint density at radius 2 is 2.50 bits per heavy atom. The lowest BCUT2D eigenvalue weighted by Gasteiger charge is -2.14. The van der Waals surface area contributed by atoms with Crippen LogP contribution in [0.3, 0.4) is 0 Å². The largest absolute Gasteiger partial charge is 0.423 e. The first-order chi connectivity index (χ1) is 5.79. The fraction of sp³-hybridized carbons (Fsp3) is 0.143. The van der Waals surface area contributed by atoms with Crippen LogP contribution < -0.4 is 10.9 Å². The maximum absolute atomic E-state index is 9.31. The number of anilines is 1. The van der Waals surface area contributed by atoms with Crippen LogP contribution in [0, 0.1) is 5.41 Å². The van der Waals surface area contributed by atoms with Gasteiger partial charge in [0.05, 0.1) is 0 Å². The highest BCUT2D eigenvalue weighted by atomic mass is 16.5. The Bertz CT molecular complexity index is 393. The molecule has 2 rings (SSSR count). The molecule has 0 aliphatic carbocycles. The minimum absolute atomic E-state index is 0.170. The number of aromatic nitrogens is 2. The molecule has 0 fully saturated rings. The van der Waals surface area contributed by atoms with Crippen molar-refractivity contribution in [3.63, 3.8) is 0 Å². The monoisotopic (exact) mass is 164 g/mol. The van der Waals surface area contributed by atoms with Gasteiger partial charge in [-0.25, -0.2) is 4.98 Å². The van der Waals surface area contributed by atoms with Crippen molar-refractivity contribution in [2.45, 2.75) is 0 Å². The molecule has 1 aromatic heterocycles. The summed E-state index contributed by atoms with van der Waals surface area (Å²) in [7, 11) is 0. The minimum Gasteiger partial charge on any atom is -0.423 e. The van der Waals surface area contributed by atoms with E-state index in [1.807, 2.05) is 12.2 Å². The van der Waals surface area contributed by atoms with Gasteiger partial charge in [-0.1, -0.05) is 12.2 Å². The summed E-state index contributed by atoms with van der Waals surface area (Å²) in [4.78, 5) is 3.68. The molecular weight excluding hydrogens is 156 g/mol. The summed E-state index contributed by atoms with van der Waals surface area (Å²) >= 11 is 0. The second-order valence-electron chi connectivity index (χ2n) is 2.48. The molecule has 1 aliphatic rings. The van der Waals surface area contributed by atoms with Crippen LogP contribution in [-0.4, -0.2) is 21.5 Å². The Kier molecular flexibility index (Phi) is 1.36. The first kappa shape index (κ1) is 6.90. The zero-order chi connectivity index (χ0) is 8.55. The number of hydrogen-bond donors (Lipinski definition) is 3. The van der Waals surface area contributed by atoms with Crippen LogP contribution >= 0.6 is 0 Å². The third kappa shape index (κ3) is 0.868. The van der Waals surface area contributed by atoms with Crippen LogP contribution in [0.1, 0.15) is 5.56 Å². The fourth-order valence-electron chi connectivity index (χ4n) is 1.12. The van der Waals surface area contributed by atoms with Crippen molar-refractivity contribution in [1.29, 1.82) is 5.41 Å². The normalized spacial score (nSPS) is 13.7. The highest BCUT2D eigenvalue weighted by Crippen LogP contribution is 2.15. The molecule has 0 unspecified atom stereocenters.